The van der Waals surface area contributed by atoms with Gasteiger partial charge < -0.3 is 19.1 Å². The lowest BCUT2D eigenvalue weighted by Gasteiger charge is -2.22. The van der Waals surface area contributed by atoms with E-state index in [9.17, 15) is 9.59 Å². The summed E-state index contributed by atoms with van der Waals surface area (Å²) < 4.78 is 16.0. The van der Waals surface area contributed by atoms with Crippen molar-refractivity contribution >= 4 is 28.8 Å². The predicted molar refractivity (Wildman–Crippen MR) is 129 cm³/mol. The van der Waals surface area contributed by atoms with Gasteiger partial charge in [-0.3, -0.25) is 9.59 Å². The highest BCUT2D eigenvalue weighted by molar-refractivity contribution is 6.46. The van der Waals surface area contributed by atoms with E-state index in [0.29, 0.717) is 46.3 Å². The average molecular weight is 456 g/mol. The fourth-order valence-corrected chi connectivity index (χ4v) is 4.56. The third-order valence-corrected chi connectivity index (χ3v) is 6.22. The van der Waals surface area contributed by atoms with Gasteiger partial charge in [0.1, 0.15) is 11.4 Å². The molecule has 0 saturated carbocycles. The smallest absolute Gasteiger partial charge is 0.282 e. The van der Waals surface area contributed by atoms with Crippen LogP contribution in [0.2, 0.25) is 0 Å². The van der Waals surface area contributed by atoms with E-state index in [0.717, 1.165) is 17.7 Å². The Kier molecular flexibility index (Phi) is 5.45. The molecule has 2 aliphatic rings. The SMILES string of the molecule is COc1ccc(C2=C(N3CCc4ccccc43)C(=O)N(c3ccc(OC)c(OC)c3)C2=O)cc1. The number of amides is 2. The van der Waals surface area contributed by atoms with Crippen molar-refractivity contribution in [2.24, 2.45) is 0 Å². The highest BCUT2D eigenvalue weighted by Crippen LogP contribution is 2.41. The van der Waals surface area contributed by atoms with E-state index in [-0.39, 0.29) is 11.8 Å². The number of ether oxygens (including phenoxy) is 3. The van der Waals surface area contributed by atoms with Crippen LogP contribution in [0.5, 0.6) is 17.2 Å². The molecule has 7 nitrogen and oxygen atoms in total. The maximum Gasteiger partial charge on any atom is 0.282 e. The van der Waals surface area contributed by atoms with Crippen molar-refractivity contribution in [3.05, 3.63) is 83.6 Å². The molecule has 0 aromatic heterocycles. The Hall–Kier alpha value is -4.26. The number of imide groups is 1. The van der Waals surface area contributed by atoms with Gasteiger partial charge in [-0.05, 0) is 47.9 Å². The molecule has 172 valence electrons. The zero-order valence-corrected chi connectivity index (χ0v) is 19.2. The molecular weight excluding hydrogens is 432 g/mol. The number of hydrogen-bond donors (Lipinski definition) is 0. The number of methoxy groups -OCH3 is 3. The fraction of sp³-hybridized carbons (Fsp3) is 0.185. The van der Waals surface area contributed by atoms with Crippen molar-refractivity contribution in [2.75, 3.05) is 37.7 Å². The maximum absolute atomic E-state index is 13.9. The van der Waals surface area contributed by atoms with Gasteiger partial charge >= 0.3 is 0 Å². The summed E-state index contributed by atoms with van der Waals surface area (Å²) in [7, 11) is 4.64. The molecule has 7 heteroatoms. The second-order valence-electron chi connectivity index (χ2n) is 7.97. The topological polar surface area (TPSA) is 68.3 Å². The Labute approximate surface area is 197 Å². The molecule has 34 heavy (non-hydrogen) atoms. The first kappa shape index (κ1) is 21.6. The molecule has 2 amide bonds. The lowest BCUT2D eigenvalue weighted by atomic mass is 10.0. The number of benzene rings is 3. The molecule has 0 bridgehead atoms. The van der Waals surface area contributed by atoms with Crippen LogP contribution < -0.4 is 24.0 Å². The largest absolute Gasteiger partial charge is 0.497 e. The summed E-state index contributed by atoms with van der Waals surface area (Å²) in [6.45, 7) is 0.618. The number of fused-ring (bicyclic) bond motifs is 1. The molecule has 0 spiro atoms. The van der Waals surface area contributed by atoms with Crippen molar-refractivity contribution in [1.29, 1.82) is 0 Å². The molecular formula is C27H24N2O5. The quantitative estimate of drug-likeness (QED) is 0.521. The Balaban J connectivity index is 1.65. The zero-order valence-electron chi connectivity index (χ0n) is 19.2. The van der Waals surface area contributed by atoms with Gasteiger partial charge in [0.25, 0.3) is 11.8 Å². The van der Waals surface area contributed by atoms with Gasteiger partial charge in [0.15, 0.2) is 11.5 Å². The molecule has 5 rings (SSSR count). The minimum atomic E-state index is -0.387. The number of rotatable bonds is 6. The van der Waals surface area contributed by atoms with Crippen LogP contribution in [0, 0.1) is 0 Å². The monoisotopic (exact) mass is 456 g/mol. The van der Waals surface area contributed by atoms with Gasteiger partial charge in [-0.2, -0.15) is 0 Å². The third-order valence-electron chi connectivity index (χ3n) is 6.22. The first-order chi connectivity index (χ1) is 16.6. The van der Waals surface area contributed by atoms with E-state index in [1.165, 1.54) is 19.1 Å². The van der Waals surface area contributed by atoms with Crippen LogP contribution in [0.1, 0.15) is 11.1 Å². The van der Waals surface area contributed by atoms with E-state index >= 15 is 0 Å². The van der Waals surface area contributed by atoms with Crippen LogP contribution in [-0.4, -0.2) is 39.7 Å². The number of nitrogens with zero attached hydrogens (tertiary/aromatic N) is 2. The minimum absolute atomic E-state index is 0.360. The molecule has 2 aliphatic heterocycles. The van der Waals surface area contributed by atoms with Gasteiger partial charge in [-0.1, -0.05) is 30.3 Å². The van der Waals surface area contributed by atoms with E-state index in [1.807, 2.05) is 23.1 Å². The highest BCUT2D eigenvalue weighted by atomic mass is 16.5. The van der Waals surface area contributed by atoms with Gasteiger partial charge in [0.2, 0.25) is 0 Å². The number of hydrogen-bond acceptors (Lipinski definition) is 6. The van der Waals surface area contributed by atoms with Crippen molar-refractivity contribution in [3.8, 4) is 17.2 Å². The van der Waals surface area contributed by atoms with Crippen LogP contribution >= 0.6 is 0 Å². The Morgan fingerprint density at radius 3 is 2.21 bits per heavy atom. The lowest BCUT2D eigenvalue weighted by Crippen LogP contribution is -2.34. The molecule has 0 saturated heterocycles. The van der Waals surface area contributed by atoms with Gasteiger partial charge in [-0.25, -0.2) is 4.90 Å². The van der Waals surface area contributed by atoms with Crippen LogP contribution in [0.3, 0.4) is 0 Å². The van der Waals surface area contributed by atoms with E-state index < -0.39 is 0 Å². The van der Waals surface area contributed by atoms with Crippen LogP contribution in [0.15, 0.2) is 72.4 Å². The van der Waals surface area contributed by atoms with Crippen molar-refractivity contribution in [3.63, 3.8) is 0 Å². The first-order valence-corrected chi connectivity index (χ1v) is 10.9. The van der Waals surface area contributed by atoms with Crippen LogP contribution in [0.25, 0.3) is 5.57 Å². The Bertz CT molecular complexity index is 1310. The molecule has 3 aromatic carbocycles. The van der Waals surface area contributed by atoms with Crippen molar-refractivity contribution in [2.45, 2.75) is 6.42 Å². The molecule has 0 fully saturated rings. The first-order valence-electron chi connectivity index (χ1n) is 10.9. The van der Waals surface area contributed by atoms with E-state index in [2.05, 4.69) is 6.07 Å². The summed E-state index contributed by atoms with van der Waals surface area (Å²) in [4.78, 5) is 30.9. The summed E-state index contributed by atoms with van der Waals surface area (Å²) in [5.74, 6) is 0.862. The molecule has 0 unspecified atom stereocenters. The molecule has 0 N–H and O–H groups in total. The normalized spacial score (nSPS) is 15.1. The van der Waals surface area contributed by atoms with Crippen LogP contribution in [-0.2, 0) is 16.0 Å². The third kappa shape index (κ3) is 3.37. The maximum atomic E-state index is 13.9. The Morgan fingerprint density at radius 1 is 0.765 bits per heavy atom. The number of carbonyl (C=O) groups is 2. The second-order valence-corrected chi connectivity index (χ2v) is 7.97. The lowest BCUT2D eigenvalue weighted by molar-refractivity contribution is -0.120. The summed E-state index contributed by atoms with van der Waals surface area (Å²) in [6.07, 6.45) is 0.799. The van der Waals surface area contributed by atoms with Gasteiger partial charge in [-0.15, -0.1) is 0 Å². The summed E-state index contributed by atoms with van der Waals surface area (Å²) in [6, 6.07) is 20.2. The molecule has 3 aromatic rings. The fourth-order valence-electron chi connectivity index (χ4n) is 4.56. The summed E-state index contributed by atoms with van der Waals surface area (Å²) in [5.41, 5.74) is 3.89. The second kappa shape index (κ2) is 8.59. The molecule has 0 radical (unpaired) electrons. The molecule has 2 heterocycles. The zero-order chi connectivity index (χ0) is 23.8. The van der Waals surface area contributed by atoms with Crippen molar-refractivity contribution < 1.29 is 23.8 Å². The van der Waals surface area contributed by atoms with Crippen molar-refractivity contribution in [1.82, 2.24) is 0 Å². The summed E-state index contributed by atoms with van der Waals surface area (Å²) in [5, 5.41) is 0. The predicted octanol–water partition coefficient (Wildman–Crippen LogP) is 4.06. The van der Waals surface area contributed by atoms with E-state index in [1.54, 1.807) is 49.6 Å². The molecule has 0 aliphatic carbocycles. The van der Waals surface area contributed by atoms with Crippen LogP contribution in [0.4, 0.5) is 11.4 Å². The van der Waals surface area contributed by atoms with Gasteiger partial charge in [0, 0.05) is 18.3 Å². The van der Waals surface area contributed by atoms with Gasteiger partial charge in [0.05, 0.1) is 32.6 Å². The average Bonchev–Trinajstić information content (AvgIpc) is 3.41. The Morgan fingerprint density at radius 2 is 1.50 bits per heavy atom. The number of para-hydroxylation sites is 1. The van der Waals surface area contributed by atoms with E-state index in [4.69, 9.17) is 14.2 Å². The highest BCUT2D eigenvalue weighted by Gasteiger charge is 2.44. The number of carbonyl (C=O) groups excluding carboxylic acids is 2. The number of anilines is 2. The standard InChI is InChI=1S/C27H24N2O5/c1-32-20-11-8-18(9-12-20)24-25(28-15-14-17-6-4-5-7-21(17)28)27(31)29(26(24)30)19-10-13-22(33-2)23(16-19)34-3/h4-13,16H,14-15H2,1-3H3. The minimum Gasteiger partial charge on any atom is -0.497 e. The summed E-state index contributed by atoms with van der Waals surface area (Å²) >= 11 is 0. The molecule has 0 atom stereocenters.